The summed E-state index contributed by atoms with van der Waals surface area (Å²) in [7, 11) is 0. The number of rotatable bonds is 2. The molecular formula is C14H17ClFNO. The van der Waals surface area contributed by atoms with Crippen molar-refractivity contribution in [3.63, 3.8) is 0 Å². The third kappa shape index (κ3) is 2.34. The van der Waals surface area contributed by atoms with Crippen LogP contribution in [0.1, 0.15) is 32.1 Å². The molecule has 1 aromatic carbocycles. The van der Waals surface area contributed by atoms with E-state index in [4.69, 9.17) is 16.3 Å². The second-order valence-electron chi connectivity index (χ2n) is 5.34. The lowest BCUT2D eigenvalue weighted by molar-refractivity contribution is -0.130. The number of ether oxygens (including phenoxy) is 1. The molecule has 2 nitrogen and oxygen atoms in total. The molecule has 1 aliphatic carbocycles. The summed E-state index contributed by atoms with van der Waals surface area (Å²) >= 11 is 6.03. The van der Waals surface area contributed by atoms with Gasteiger partial charge >= 0.3 is 0 Å². The zero-order chi connectivity index (χ0) is 12.6. The quantitative estimate of drug-likeness (QED) is 0.876. The van der Waals surface area contributed by atoms with E-state index in [1.165, 1.54) is 31.4 Å². The molecule has 1 atom stereocenters. The summed E-state index contributed by atoms with van der Waals surface area (Å²) in [5.41, 5.74) is 0.932. The van der Waals surface area contributed by atoms with Crippen LogP contribution < -0.4 is 5.32 Å². The summed E-state index contributed by atoms with van der Waals surface area (Å²) in [6.07, 6.45) is 5.62. The van der Waals surface area contributed by atoms with Gasteiger partial charge in [0.1, 0.15) is 5.82 Å². The van der Waals surface area contributed by atoms with E-state index in [1.807, 2.05) is 0 Å². The zero-order valence-electron chi connectivity index (χ0n) is 10.2. The fraction of sp³-hybridized carbons (Fsp3) is 0.571. The fourth-order valence-corrected chi connectivity index (χ4v) is 3.12. The molecule has 98 valence electrons. The van der Waals surface area contributed by atoms with Gasteiger partial charge in [-0.05, 0) is 50.3 Å². The number of benzene rings is 1. The van der Waals surface area contributed by atoms with Crippen molar-refractivity contribution in [1.29, 1.82) is 0 Å². The van der Waals surface area contributed by atoms with Crippen molar-refractivity contribution >= 4 is 17.3 Å². The third-order valence-electron chi connectivity index (χ3n) is 4.05. The highest BCUT2D eigenvalue weighted by Crippen LogP contribution is 2.43. The van der Waals surface area contributed by atoms with Gasteiger partial charge in [0.25, 0.3) is 0 Å². The summed E-state index contributed by atoms with van der Waals surface area (Å²) in [6, 6.07) is 4.87. The van der Waals surface area contributed by atoms with Gasteiger partial charge in [0, 0.05) is 12.6 Å². The van der Waals surface area contributed by atoms with Gasteiger partial charge in [-0.2, -0.15) is 0 Å². The van der Waals surface area contributed by atoms with Crippen LogP contribution in [0.25, 0.3) is 0 Å². The van der Waals surface area contributed by atoms with E-state index in [0.717, 1.165) is 25.1 Å². The molecule has 0 aromatic heterocycles. The highest BCUT2D eigenvalue weighted by atomic mass is 35.5. The highest BCUT2D eigenvalue weighted by Gasteiger charge is 2.42. The van der Waals surface area contributed by atoms with E-state index in [2.05, 4.69) is 5.32 Å². The van der Waals surface area contributed by atoms with E-state index in [-0.39, 0.29) is 11.4 Å². The van der Waals surface area contributed by atoms with Gasteiger partial charge in [-0.15, -0.1) is 0 Å². The Morgan fingerprint density at radius 1 is 1.39 bits per heavy atom. The molecule has 1 unspecified atom stereocenters. The molecule has 1 heterocycles. The van der Waals surface area contributed by atoms with Gasteiger partial charge in [0.15, 0.2) is 0 Å². The first kappa shape index (κ1) is 12.2. The van der Waals surface area contributed by atoms with Crippen molar-refractivity contribution in [2.75, 3.05) is 11.9 Å². The van der Waals surface area contributed by atoms with Crippen LogP contribution in [0.15, 0.2) is 18.2 Å². The Bertz CT molecular complexity index is 447. The lowest BCUT2D eigenvalue weighted by Crippen LogP contribution is -2.49. The van der Waals surface area contributed by atoms with Crippen LogP contribution >= 0.6 is 11.6 Å². The lowest BCUT2D eigenvalue weighted by atomic mass is 9.74. The zero-order valence-corrected chi connectivity index (χ0v) is 11.0. The summed E-state index contributed by atoms with van der Waals surface area (Å²) in [5.74, 6) is -0.298. The molecule has 18 heavy (non-hydrogen) atoms. The Balaban J connectivity index is 1.68. The Morgan fingerprint density at radius 2 is 2.22 bits per heavy atom. The number of halogens is 2. The Kier molecular flexibility index (Phi) is 3.20. The van der Waals surface area contributed by atoms with Crippen LogP contribution in [-0.2, 0) is 4.74 Å². The van der Waals surface area contributed by atoms with Crippen LogP contribution in [0.3, 0.4) is 0 Å². The van der Waals surface area contributed by atoms with Gasteiger partial charge in [0.2, 0.25) is 0 Å². The van der Waals surface area contributed by atoms with E-state index < -0.39 is 0 Å². The molecule has 2 fully saturated rings. The molecule has 0 amide bonds. The van der Waals surface area contributed by atoms with Crippen LogP contribution in [0.4, 0.5) is 10.1 Å². The molecule has 1 aromatic rings. The molecule has 0 radical (unpaired) electrons. The average Bonchev–Trinajstić information content (AvgIpc) is 2.31. The molecule has 0 bridgehead atoms. The number of nitrogens with one attached hydrogen (secondary N) is 1. The summed E-state index contributed by atoms with van der Waals surface area (Å²) in [5, 5.41) is 3.87. The standard InChI is InChI=1S/C14H17ClFNO/c15-12-8-10(16)2-3-13(12)17-11-4-7-18-14(9-11)5-1-6-14/h2-3,8,11,17H,1,4-7,9H2. The van der Waals surface area contributed by atoms with Crippen LogP contribution in [-0.4, -0.2) is 18.2 Å². The SMILES string of the molecule is Fc1ccc(NC2CCOC3(CCC3)C2)c(Cl)c1. The maximum atomic E-state index is 13.0. The first-order valence-corrected chi connectivity index (χ1v) is 6.90. The molecule has 4 heteroatoms. The van der Waals surface area contributed by atoms with Gasteiger partial charge in [-0.25, -0.2) is 4.39 Å². The molecule has 1 saturated heterocycles. The maximum Gasteiger partial charge on any atom is 0.124 e. The predicted molar refractivity (Wildman–Crippen MR) is 70.6 cm³/mol. The van der Waals surface area contributed by atoms with E-state index in [1.54, 1.807) is 6.07 Å². The second-order valence-corrected chi connectivity index (χ2v) is 5.75. The van der Waals surface area contributed by atoms with Crippen LogP contribution in [0, 0.1) is 5.82 Å². The summed E-state index contributed by atoms with van der Waals surface area (Å²) < 4.78 is 18.9. The van der Waals surface area contributed by atoms with Crippen molar-refractivity contribution in [3.05, 3.63) is 29.0 Å². The second kappa shape index (κ2) is 4.71. The number of anilines is 1. The van der Waals surface area contributed by atoms with Gasteiger partial charge < -0.3 is 10.1 Å². The van der Waals surface area contributed by atoms with E-state index >= 15 is 0 Å². The molecule has 2 aliphatic rings. The van der Waals surface area contributed by atoms with Crippen LogP contribution in [0.5, 0.6) is 0 Å². The minimum atomic E-state index is -0.298. The predicted octanol–water partition coefficient (Wildman–Crippen LogP) is 3.99. The van der Waals surface area contributed by atoms with Crippen molar-refractivity contribution in [2.24, 2.45) is 0 Å². The molecule has 3 rings (SSSR count). The molecular weight excluding hydrogens is 253 g/mol. The monoisotopic (exact) mass is 269 g/mol. The van der Waals surface area contributed by atoms with Crippen molar-refractivity contribution in [1.82, 2.24) is 0 Å². The Hall–Kier alpha value is -0.800. The summed E-state index contributed by atoms with van der Waals surface area (Å²) in [6.45, 7) is 0.802. The summed E-state index contributed by atoms with van der Waals surface area (Å²) in [4.78, 5) is 0. The molecule has 1 saturated carbocycles. The van der Waals surface area contributed by atoms with Gasteiger partial charge in [0.05, 0.1) is 16.3 Å². The molecule has 1 aliphatic heterocycles. The number of hydrogen-bond acceptors (Lipinski definition) is 2. The minimum absolute atomic E-state index is 0.114. The topological polar surface area (TPSA) is 21.3 Å². The van der Waals surface area contributed by atoms with Crippen LogP contribution in [0.2, 0.25) is 5.02 Å². The first-order chi connectivity index (χ1) is 8.67. The third-order valence-corrected chi connectivity index (χ3v) is 4.36. The normalized spacial score (nSPS) is 25.8. The lowest BCUT2D eigenvalue weighted by Gasteiger charge is -2.47. The van der Waals surface area contributed by atoms with E-state index in [0.29, 0.717) is 11.1 Å². The molecule has 1 spiro atoms. The van der Waals surface area contributed by atoms with Crippen molar-refractivity contribution in [2.45, 2.75) is 43.7 Å². The largest absolute Gasteiger partial charge is 0.381 e. The fourth-order valence-electron chi connectivity index (χ4n) is 2.90. The maximum absolute atomic E-state index is 13.0. The molecule has 1 N–H and O–H groups in total. The van der Waals surface area contributed by atoms with Gasteiger partial charge in [-0.1, -0.05) is 11.6 Å². The average molecular weight is 270 g/mol. The highest BCUT2D eigenvalue weighted by molar-refractivity contribution is 6.33. The number of hydrogen-bond donors (Lipinski definition) is 1. The Morgan fingerprint density at radius 3 is 2.89 bits per heavy atom. The van der Waals surface area contributed by atoms with Crippen molar-refractivity contribution in [3.8, 4) is 0 Å². The van der Waals surface area contributed by atoms with Gasteiger partial charge in [-0.3, -0.25) is 0 Å². The minimum Gasteiger partial charge on any atom is -0.381 e. The Labute approximate surface area is 111 Å². The first-order valence-electron chi connectivity index (χ1n) is 6.52. The van der Waals surface area contributed by atoms with E-state index in [9.17, 15) is 4.39 Å². The van der Waals surface area contributed by atoms with Crippen molar-refractivity contribution < 1.29 is 9.13 Å². The smallest absolute Gasteiger partial charge is 0.124 e.